The second-order valence-corrected chi connectivity index (χ2v) is 3.80. The average Bonchev–Trinajstić information content (AvgIpc) is 2.23. The topological polar surface area (TPSA) is 26.3 Å². The van der Waals surface area contributed by atoms with Crippen molar-refractivity contribution in [3.8, 4) is 5.75 Å². The number of hydrogen-bond donors (Lipinski definition) is 0. The van der Waals surface area contributed by atoms with E-state index in [4.69, 9.17) is 11.6 Å². The van der Waals surface area contributed by atoms with Gasteiger partial charge in [-0.2, -0.15) is 26.3 Å². The van der Waals surface area contributed by atoms with Crippen molar-refractivity contribution in [2.75, 3.05) is 0 Å². The molecule has 0 unspecified atom stereocenters. The van der Waals surface area contributed by atoms with Crippen molar-refractivity contribution in [1.82, 2.24) is 0 Å². The third-order valence-corrected chi connectivity index (χ3v) is 2.23. The van der Waals surface area contributed by atoms with Crippen LogP contribution in [0.4, 0.5) is 26.3 Å². The van der Waals surface area contributed by atoms with Crippen LogP contribution in [0.15, 0.2) is 18.2 Å². The number of benzene rings is 1. The van der Waals surface area contributed by atoms with Crippen LogP contribution in [0.1, 0.15) is 10.4 Å². The average molecular weight is 307 g/mol. The molecule has 0 saturated heterocycles. The van der Waals surface area contributed by atoms with Gasteiger partial charge in [-0.3, -0.25) is 4.79 Å². The van der Waals surface area contributed by atoms with E-state index in [0.717, 1.165) is 18.2 Å². The number of hydrogen-bond acceptors (Lipinski definition) is 2. The molecule has 0 fully saturated rings. The number of halogens is 7. The highest BCUT2D eigenvalue weighted by Crippen LogP contribution is 2.38. The van der Waals surface area contributed by atoms with Crippen molar-refractivity contribution in [2.24, 2.45) is 0 Å². The molecular weight excluding hydrogens is 302 g/mol. The molecule has 1 aromatic carbocycles. The summed E-state index contributed by atoms with van der Waals surface area (Å²) in [4.78, 5) is 10.4. The summed E-state index contributed by atoms with van der Waals surface area (Å²) in [5, 5.41) is -0.525. The molecule has 9 heteroatoms. The Balaban J connectivity index is 3.08. The lowest BCUT2D eigenvalue weighted by Gasteiger charge is -2.24. The quantitative estimate of drug-likeness (QED) is 0.622. The Morgan fingerprint density at radius 2 is 1.63 bits per heavy atom. The minimum atomic E-state index is -5.63. The van der Waals surface area contributed by atoms with Gasteiger partial charge in [-0.25, -0.2) is 0 Å². The van der Waals surface area contributed by atoms with E-state index in [-0.39, 0.29) is 5.56 Å². The molecule has 0 spiro atoms. The maximum absolute atomic E-state index is 12.2. The van der Waals surface area contributed by atoms with Crippen LogP contribution in [0.2, 0.25) is 5.02 Å². The van der Waals surface area contributed by atoms with Crippen molar-refractivity contribution >= 4 is 17.9 Å². The van der Waals surface area contributed by atoms with Crippen molar-refractivity contribution in [2.45, 2.75) is 18.5 Å². The summed E-state index contributed by atoms with van der Waals surface area (Å²) in [7, 11) is 0. The Morgan fingerprint density at radius 3 is 2.00 bits per heavy atom. The maximum atomic E-state index is 12.2. The molecule has 1 aromatic rings. The summed E-state index contributed by atoms with van der Waals surface area (Å²) in [6.07, 6.45) is -14.9. The van der Waals surface area contributed by atoms with Gasteiger partial charge in [-0.05, 0) is 18.2 Å². The highest BCUT2D eigenvalue weighted by molar-refractivity contribution is 6.32. The fraction of sp³-hybridized carbons (Fsp3) is 0.300. The van der Waals surface area contributed by atoms with Crippen LogP contribution < -0.4 is 4.74 Å². The zero-order valence-corrected chi connectivity index (χ0v) is 9.60. The predicted octanol–water partition coefficient (Wildman–Crippen LogP) is 4.02. The largest absolute Gasteiger partial charge is 0.470 e. The van der Waals surface area contributed by atoms with Gasteiger partial charge in [-0.1, -0.05) is 11.6 Å². The van der Waals surface area contributed by atoms with Gasteiger partial charge in [0.2, 0.25) is 0 Å². The Labute approximate surface area is 107 Å². The third-order valence-electron chi connectivity index (χ3n) is 1.93. The minimum Gasteiger partial charge on any atom is -0.470 e. The van der Waals surface area contributed by atoms with Crippen molar-refractivity contribution in [3.63, 3.8) is 0 Å². The molecule has 1 rings (SSSR count). The Kier molecular flexibility index (Phi) is 4.34. The molecule has 0 atom stereocenters. The normalized spacial score (nSPS) is 12.6. The van der Waals surface area contributed by atoms with Gasteiger partial charge >= 0.3 is 12.4 Å². The van der Waals surface area contributed by atoms with E-state index in [2.05, 4.69) is 4.74 Å². The highest BCUT2D eigenvalue weighted by atomic mass is 35.5. The first-order valence-electron chi connectivity index (χ1n) is 4.60. The summed E-state index contributed by atoms with van der Waals surface area (Å²) in [6, 6.07) is 2.64. The smallest absolute Gasteiger partial charge is 0.434 e. The molecule has 106 valence electrons. The molecule has 19 heavy (non-hydrogen) atoms. The lowest BCUT2D eigenvalue weighted by Crippen LogP contribution is -2.46. The molecule has 0 N–H and O–H groups in total. The molecule has 0 aliphatic carbocycles. The van der Waals surface area contributed by atoms with Gasteiger partial charge in [0.1, 0.15) is 12.0 Å². The van der Waals surface area contributed by atoms with Crippen molar-refractivity contribution < 1.29 is 35.9 Å². The number of alkyl halides is 6. The van der Waals surface area contributed by atoms with Crippen molar-refractivity contribution in [3.05, 3.63) is 28.8 Å². The van der Waals surface area contributed by atoms with E-state index in [9.17, 15) is 31.1 Å². The first-order valence-corrected chi connectivity index (χ1v) is 4.98. The first-order chi connectivity index (χ1) is 8.55. The molecule has 0 aliphatic rings. The summed E-state index contributed by atoms with van der Waals surface area (Å²) in [5.41, 5.74) is -0.00656. The van der Waals surface area contributed by atoms with Crippen LogP contribution >= 0.6 is 11.6 Å². The van der Waals surface area contributed by atoms with Gasteiger partial charge < -0.3 is 4.74 Å². The molecule has 0 saturated carbocycles. The predicted molar refractivity (Wildman–Crippen MR) is 53.4 cm³/mol. The summed E-state index contributed by atoms with van der Waals surface area (Å²) in [6.45, 7) is 0. The van der Waals surface area contributed by atoms with Crippen LogP contribution in [0.5, 0.6) is 5.75 Å². The molecule has 0 aromatic heterocycles. The van der Waals surface area contributed by atoms with E-state index >= 15 is 0 Å². The molecule has 0 amide bonds. The lowest BCUT2D eigenvalue weighted by atomic mass is 10.2. The van der Waals surface area contributed by atoms with E-state index in [1.807, 2.05) is 0 Å². The summed E-state index contributed by atoms with van der Waals surface area (Å²) in [5.74, 6) is -0.813. The van der Waals surface area contributed by atoms with E-state index in [1.54, 1.807) is 0 Å². The summed E-state index contributed by atoms with van der Waals surface area (Å²) >= 11 is 5.43. The monoisotopic (exact) mass is 306 g/mol. The van der Waals surface area contributed by atoms with Crippen LogP contribution in [-0.2, 0) is 0 Å². The summed E-state index contributed by atoms with van der Waals surface area (Å²) < 4.78 is 77.3. The molecule has 2 nitrogen and oxygen atoms in total. The first kappa shape index (κ1) is 15.6. The van der Waals surface area contributed by atoms with Gasteiger partial charge in [0.15, 0.2) is 0 Å². The van der Waals surface area contributed by atoms with Gasteiger partial charge in [-0.15, -0.1) is 0 Å². The van der Waals surface area contributed by atoms with Crippen LogP contribution in [-0.4, -0.2) is 24.7 Å². The van der Waals surface area contributed by atoms with Crippen molar-refractivity contribution in [1.29, 1.82) is 0 Å². The van der Waals surface area contributed by atoms with Crippen LogP contribution in [0, 0.1) is 0 Å². The van der Waals surface area contributed by atoms with Gasteiger partial charge in [0, 0.05) is 5.56 Å². The lowest BCUT2D eigenvalue weighted by molar-refractivity contribution is -0.299. The zero-order chi connectivity index (χ0) is 14.8. The third kappa shape index (κ3) is 4.02. The Bertz CT molecular complexity index is 454. The minimum absolute atomic E-state index is 0.00656. The standard InChI is InChI=1S/C10H5ClF6O2/c11-6-3-5(4-18)1-2-7(6)19-8(9(12,13)14)10(15,16)17/h1-4,8H. The number of carbonyl (C=O) groups is 1. The zero-order valence-electron chi connectivity index (χ0n) is 8.85. The van der Waals surface area contributed by atoms with Gasteiger partial charge in [0.25, 0.3) is 6.10 Å². The molecule has 0 bridgehead atoms. The number of ether oxygens (including phenoxy) is 1. The van der Waals surface area contributed by atoms with Crippen LogP contribution in [0.3, 0.4) is 0 Å². The Hall–Kier alpha value is -1.44. The second kappa shape index (κ2) is 5.28. The fourth-order valence-electron chi connectivity index (χ4n) is 1.13. The fourth-order valence-corrected chi connectivity index (χ4v) is 1.37. The van der Waals surface area contributed by atoms with E-state index < -0.39 is 29.2 Å². The second-order valence-electron chi connectivity index (χ2n) is 3.39. The SMILES string of the molecule is O=Cc1ccc(OC(C(F)(F)F)C(F)(F)F)c(Cl)c1. The number of aldehydes is 1. The number of rotatable bonds is 3. The van der Waals surface area contributed by atoms with E-state index in [0.29, 0.717) is 6.29 Å². The molecule has 0 radical (unpaired) electrons. The van der Waals surface area contributed by atoms with Gasteiger partial charge in [0.05, 0.1) is 5.02 Å². The molecule has 0 aliphatic heterocycles. The van der Waals surface area contributed by atoms with E-state index in [1.165, 1.54) is 0 Å². The van der Waals surface area contributed by atoms with Crippen LogP contribution in [0.25, 0.3) is 0 Å². The molecule has 0 heterocycles. The maximum Gasteiger partial charge on any atom is 0.434 e. The Morgan fingerprint density at radius 1 is 1.11 bits per heavy atom. The highest BCUT2D eigenvalue weighted by Gasteiger charge is 2.59. The number of carbonyl (C=O) groups excluding carboxylic acids is 1. The molecular formula is C10H5ClF6O2.